The van der Waals surface area contributed by atoms with E-state index in [0.29, 0.717) is 0 Å². The van der Waals surface area contributed by atoms with Crippen molar-refractivity contribution < 1.29 is 4.84 Å². The highest BCUT2D eigenvalue weighted by Gasteiger charge is 2.41. The number of aromatic nitrogens is 1. The maximum atomic E-state index is 5.66. The molecule has 0 radical (unpaired) electrons. The molecule has 2 aliphatic rings. The molecule has 19 heavy (non-hydrogen) atoms. The fraction of sp³-hybridized carbons (Fsp3) is 0.600. The van der Waals surface area contributed by atoms with Gasteiger partial charge < -0.3 is 10.2 Å². The molecule has 0 unspecified atom stereocenters. The zero-order valence-electron chi connectivity index (χ0n) is 11.4. The Balaban J connectivity index is 1.46. The van der Waals surface area contributed by atoms with Crippen molar-refractivity contribution in [1.29, 1.82) is 0 Å². The van der Waals surface area contributed by atoms with E-state index in [2.05, 4.69) is 22.4 Å². The molecule has 102 valence electrons. The minimum Gasteiger partial charge on any atom is -0.389 e. The normalized spacial score (nSPS) is 29.9. The molecule has 1 saturated carbocycles. The summed E-state index contributed by atoms with van der Waals surface area (Å²) in [5, 5.41) is 7.54. The van der Waals surface area contributed by atoms with Crippen molar-refractivity contribution in [2.24, 2.45) is 11.1 Å². The lowest BCUT2D eigenvalue weighted by Crippen LogP contribution is -2.35. The van der Waals surface area contributed by atoms with E-state index in [0.717, 1.165) is 43.3 Å². The van der Waals surface area contributed by atoms with Crippen molar-refractivity contribution >= 4 is 11.5 Å². The molecule has 4 heteroatoms. The van der Waals surface area contributed by atoms with Gasteiger partial charge in [0.05, 0.1) is 5.71 Å². The summed E-state index contributed by atoms with van der Waals surface area (Å²) in [5.41, 5.74) is 1.18. The van der Waals surface area contributed by atoms with E-state index in [1.807, 2.05) is 24.4 Å². The molecule has 1 fully saturated rings. The van der Waals surface area contributed by atoms with E-state index in [1.165, 1.54) is 12.8 Å². The second kappa shape index (κ2) is 5.19. The van der Waals surface area contributed by atoms with Gasteiger partial charge in [-0.05, 0) is 50.7 Å². The molecule has 1 aliphatic heterocycles. The standard InChI is InChI=1S/C15H21N3O/c1-12-10-15(19-18-12)7-5-13(6-8-15)11-17-14-4-2-3-9-16-14/h2-4,9,13H,5-8,10-11H2,1H3,(H,16,17). The Morgan fingerprint density at radius 2 is 2.21 bits per heavy atom. The summed E-state index contributed by atoms with van der Waals surface area (Å²) in [6.07, 6.45) is 7.52. The summed E-state index contributed by atoms with van der Waals surface area (Å²) in [6.45, 7) is 3.07. The van der Waals surface area contributed by atoms with E-state index < -0.39 is 0 Å². The molecule has 0 amide bonds. The number of nitrogens with zero attached hydrogens (tertiary/aromatic N) is 2. The first-order valence-electron chi connectivity index (χ1n) is 7.12. The molecular weight excluding hydrogens is 238 g/mol. The van der Waals surface area contributed by atoms with E-state index >= 15 is 0 Å². The average molecular weight is 259 g/mol. The fourth-order valence-corrected chi connectivity index (χ4v) is 3.10. The molecular formula is C15H21N3O. The lowest BCUT2D eigenvalue weighted by Gasteiger charge is -2.35. The molecule has 4 nitrogen and oxygen atoms in total. The fourth-order valence-electron chi connectivity index (χ4n) is 3.10. The molecule has 1 N–H and O–H groups in total. The summed E-state index contributed by atoms with van der Waals surface area (Å²) in [4.78, 5) is 9.95. The zero-order valence-corrected chi connectivity index (χ0v) is 11.4. The number of hydrogen-bond acceptors (Lipinski definition) is 4. The minimum absolute atomic E-state index is 0.0333. The summed E-state index contributed by atoms with van der Waals surface area (Å²) in [7, 11) is 0. The molecule has 0 saturated heterocycles. The summed E-state index contributed by atoms with van der Waals surface area (Å²) < 4.78 is 0. The largest absolute Gasteiger partial charge is 0.389 e. The highest BCUT2D eigenvalue weighted by Crippen LogP contribution is 2.40. The van der Waals surface area contributed by atoms with Crippen molar-refractivity contribution in [1.82, 2.24) is 4.98 Å². The Hall–Kier alpha value is -1.58. The Morgan fingerprint density at radius 1 is 1.37 bits per heavy atom. The molecule has 1 spiro atoms. The molecule has 1 aliphatic carbocycles. The quantitative estimate of drug-likeness (QED) is 0.906. The lowest BCUT2D eigenvalue weighted by molar-refractivity contribution is -0.0531. The van der Waals surface area contributed by atoms with Gasteiger partial charge in [-0.25, -0.2) is 4.98 Å². The monoisotopic (exact) mass is 259 g/mol. The van der Waals surface area contributed by atoms with Crippen molar-refractivity contribution in [3.8, 4) is 0 Å². The Labute approximate surface area is 114 Å². The SMILES string of the molecule is CC1=NOC2(CCC(CNc3ccccn3)CC2)C1. The predicted octanol–water partition coefficient (Wildman–Crippen LogP) is 3.22. The number of hydrogen-bond donors (Lipinski definition) is 1. The van der Waals surface area contributed by atoms with Gasteiger partial charge in [-0.1, -0.05) is 11.2 Å². The molecule has 1 aromatic heterocycles. The van der Waals surface area contributed by atoms with E-state index in [9.17, 15) is 0 Å². The number of oxime groups is 1. The molecule has 1 aromatic rings. The van der Waals surface area contributed by atoms with Crippen molar-refractivity contribution in [3.63, 3.8) is 0 Å². The number of pyridine rings is 1. The maximum Gasteiger partial charge on any atom is 0.143 e. The van der Waals surface area contributed by atoms with Crippen LogP contribution in [0.25, 0.3) is 0 Å². The topological polar surface area (TPSA) is 46.5 Å². The second-order valence-electron chi connectivity index (χ2n) is 5.82. The van der Waals surface area contributed by atoms with Crippen LogP contribution in [0.5, 0.6) is 0 Å². The van der Waals surface area contributed by atoms with Gasteiger partial charge in [-0.2, -0.15) is 0 Å². The van der Waals surface area contributed by atoms with E-state index in [4.69, 9.17) is 4.84 Å². The average Bonchev–Trinajstić information content (AvgIpc) is 2.81. The van der Waals surface area contributed by atoms with Gasteiger partial charge in [0, 0.05) is 19.2 Å². The van der Waals surface area contributed by atoms with Gasteiger partial charge >= 0.3 is 0 Å². The lowest BCUT2D eigenvalue weighted by atomic mass is 9.76. The Bertz CT molecular complexity index is 450. The first-order chi connectivity index (χ1) is 9.26. The zero-order chi connectivity index (χ0) is 13.1. The van der Waals surface area contributed by atoms with Crippen LogP contribution in [-0.2, 0) is 4.84 Å². The summed E-state index contributed by atoms with van der Waals surface area (Å²) in [5.74, 6) is 1.69. The van der Waals surface area contributed by atoms with Crippen LogP contribution < -0.4 is 5.32 Å². The van der Waals surface area contributed by atoms with Crippen molar-refractivity contribution in [2.45, 2.75) is 44.6 Å². The van der Waals surface area contributed by atoms with Crippen LogP contribution in [0.1, 0.15) is 39.0 Å². The first-order valence-corrected chi connectivity index (χ1v) is 7.12. The summed E-state index contributed by atoms with van der Waals surface area (Å²) in [6, 6.07) is 5.97. The molecule has 3 rings (SSSR count). The highest BCUT2D eigenvalue weighted by molar-refractivity contribution is 5.83. The molecule has 2 heterocycles. The van der Waals surface area contributed by atoms with Crippen LogP contribution in [-0.4, -0.2) is 22.8 Å². The Kier molecular flexibility index (Phi) is 3.40. The first kappa shape index (κ1) is 12.5. The van der Waals surface area contributed by atoms with Gasteiger partial charge in [0.15, 0.2) is 0 Å². The van der Waals surface area contributed by atoms with Crippen LogP contribution in [0.2, 0.25) is 0 Å². The molecule has 0 atom stereocenters. The highest BCUT2D eigenvalue weighted by atomic mass is 16.7. The van der Waals surface area contributed by atoms with E-state index in [-0.39, 0.29) is 5.60 Å². The third-order valence-corrected chi connectivity index (χ3v) is 4.23. The van der Waals surface area contributed by atoms with Gasteiger partial charge in [0.2, 0.25) is 0 Å². The number of nitrogens with one attached hydrogen (secondary N) is 1. The third-order valence-electron chi connectivity index (χ3n) is 4.23. The summed E-state index contributed by atoms with van der Waals surface area (Å²) >= 11 is 0. The van der Waals surface area contributed by atoms with Gasteiger partial charge in [-0.15, -0.1) is 0 Å². The molecule has 0 bridgehead atoms. The predicted molar refractivity (Wildman–Crippen MR) is 76.2 cm³/mol. The number of rotatable bonds is 3. The minimum atomic E-state index is 0.0333. The van der Waals surface area contributed by atoms with Crippen LogP contribution >= 0.6 is 0 Å². The Morgan fingerprint density at radius 3 is 2.84 bits per heavy atom. The smallest absolute Gasteiger partial charge is 0.143 e. The third kappa shape index (κ3) is 2.88. The van der Waals surface area contributed by atoms with E-state index in [1.54, 1.807) is 0 Å². The van der Waals surface area contributed by atoms with Crippen LogP contribution in [0.3, 0.4) is 0 Å². The maximum absolute atomic E-state index is 5.66. The van der Waals surface area contributed by atoms with Crippen LogP contribution in [0.4, 0.5) is 5.82 Å². The van der Waals surface area contributed by atoms with Crippen LogP contribution in [0, 0.1) is 5.92 Å². The van der Waals surface area contributed by atoms with Gasteiger partial charge in [-0.3, -0.25) is 0 Å². The second-order valence-corrected chi connectivity index (χ2v) is 5.82. The number of anilines is 1. The van der Waals surface area contributed by atoms with Crippen LogP contribution in [0.15, 0.2) is 29.6 Å². The molecule has 0 aromatic carbocycles. The van der Waals surface area contributed by atoms with Gasteiger partial charge in [0.1, 0.15) is 11.4 Å². The van der Waals surface area contributed by atoms with Crippen molar-refractivity contribution in [3.05, 3.63) is 24.4 Å². The van der Waals surface area contributed by atoms with Gasteiger partial charge in [0.25, 0.3) is 0 Å². The van der Waals surface area contributed by atoms with Crippen molar-refractivity contribution in [2.75, 3.05) is 11.9 Å².